The first-order chi connectivity index (χ1) is 9.54. The minimum Gasteiger partial charge on any atom is -0.384 e. The van der Waals surface area contributed by atoms with E-state index >= 15 is 0 Å². The summed E-state index contributed by atoms with van der Waals surface area (Å²) in [6.45, 7) is 3.72. The summed E-state index contributed by atoms with van der Waals surface area (Å²) in [4.78, 5) is 8.56. The Morgan fingerprint density at radius 3 is 2.05 bits per heavy atom. The van der Waals surface area contributed by atoms with Crippen molar-refractivity contribution in [3.05, 3.63) is 35.8 Å². The Morgan fingerprint density at radius 1 is 0.952 bits per heavy atom. The highest BCUT2D eigenvalue weighted by Gasteiger charge is 2.11. The number of rotatable bonds is 2. The number of halogens is 1. The SMILES string of the molecule is Cc1cc(N)n(-c2ccnc(-n3nc(C)cc3N)n2)n1.Cl. The van der Waals surface area contributed by atoms with Crippen LogP contribution in [0.1, 0.15) is 11.4 Å². The van der Waals surface area contributed by atoms with Gasteiger partial charge in [-0.2, -0.15) is 24.5 Å². The van der Waals surface area contributed by atoms with Crippen LogP contribution >= 0.6 is 12.4 Å². The quantitative estimate of drug-likeness (QED) is 0.731. The molecular weight excluding hydrogens is 292 g/mol. The van der Waals surface area contributed by atoms with Crippen molar-refractivity contribution in [1.29, 1.82) is 0 Å². The van der Waals surface area contributed by atoms with Gasteiger partial charge in [0.2, 0.25) is 0 Å². The Morgan fingerprint density at radius 2 is 1.52 bits per heavy atom. The number of aromatic nitrogens is 6. The van der Waals surface area contributed by atoms with Gasteiger partial charge in [0.15, 0.2) is 5.82 Å². The van der Waals surface area contributed by atoms with Gasteiger partial charge < -0.3 is 11.5 Å². The fraction of sp³-hybridized carbons (Fsp3) is 0.167. The zero-order chi connectivity index (χ0) is 14.3. The second kappa shape index (κ2) is 5.41. The molecular formula is C12H15ClN8. The third kappa shape index (κ3) is 2.65. The van der Waals surface area contributed by atoms with Gasteiger partial charge in [0.05, 0.1) is 11.4 Å². The van der Waals surface area contributed by atoms with E-state index < -0.39 is 0 Å². The Balaban J connectivity index is 0.00000161. The second-order valence-corrected chi connectivity index (χ2v) is 4.46. The Labute approximate surface area is 127 Å². The molecule has 0 saturated heterocycles. The fourth-order valence-corrected chi connectivity index (χ4v) is 1.94. The van der Waals surface area contributed by atoms with Gasteiger partial charge in [-0.25, -0.2) is 4.98 Å². The topological polar surface area (TPSA) is 113 Å². The van der Waals surface area contributed by atoms with Crippen molar-refractivity contribution in [2.75, 3.05) is 11.5 Å². The predicted octanol–water partition coefficient (Wildman–Crippen LogP) is 1.05. The summed E-state index contributed by atoms with van der Waals surface area (Å²) >= 11 is 0. The Kier molecular flexibility index (Phi) is 3.81. The standard InChI is InChI=1S/C12H14N8.ClH/c1-7-5-9(13)19(17-7)11-3-4-15-12(16-11)20-10(14)6-8(2)18-20;/h3-6H,13-14H2,1-2H3;1H. The van der Waals surface area contributed by atoms with E-state index in [4.69, 9.17) is 11.5 Å². The molecule has 0 spiro atoms. The lowest BCUT2D eigenvalue weighted by Crippen LogP contribution is -2.10. The van der Waals surface area contributed by atoms with Crippen LogP contribution in [0.2, 0.25) is 0 Å². The van der Waals surface area contributed by atoms with Crippen LogP contribution in [0.3, 0.4) is 0 Å². The number of nitrogen functional groups attached to an aromatic ring is 2. The van der Waals surface area contributed by atoms with Gasteiger partial charge in [0.1, 0.15) is 11.6 Å². The maximum atomic E-state index is 5.89. The molecule has 21 heavy (non-hydrogen) atoms. The molecule has 0 fully saturated rings. The molecule has 0 amide bonds. The highest BCUT2D eigenvalue weighted by Crippen LogP contribution is 2.14. The molecule has 0 radical (unpaired) electrons. The monoisotopic (exact) mass is 306 g/mol. The van der Waals surface area contributed by atoms with Crippen LogP contribution in [0.15, 0.2) is 24.4 Å². The number of nitrogens with zero attached hydrogens (tertiary/aromatic N) is 6. The van der Waals surface area contributed by atoms with E-state index in [0.29, 0.717) is 23.4 Å². The Bertz CT molecular complexity index is 714. The van der Waals surface area contributed by atoms with Crippen molar-refractivity contribution in [2.45, 2.75) is 13.8 Å². The van der Waals surface area contributed by atoms with Crippen LogP contribution in [0.25, 0.3) is 11.8 Å². The Hall–Kier alpha value is -2.61. The van der Waals surface area contributed by atoms with E-state index in [2.05, 4.69) is 20.2 Å². The van der Waals surface area contributed by atoms with Gasteiger partial charge in [0, 0.05) is 24.4 Å². The second-order valence-electron chi connectivity index (χ2n) is 4.46. The number of anilines is 2. The summed E-state index contributed by atoms with van der Waals surface area (Å²) in [6, 6.07) is 5.25. The van der Waals surface area contributed by atoms with E-state index in [1.807, 2.05) is 13.8 Å². The third-order valence-corrected chi connectivity index (χ3v) is 2.75. The van der Waals surface area contributed by atoms with Crippen molar-refractivity contribution in [3.8, 4) is 11.8 Å². The fourth-order valence-electron chi connectivity index (χ4n) is 1.94. The van der Waals surface area contributed by atoms with E-state index in [0.717, 1.165) is 11.4 Å². The first-order valence-electron chi connectivity index (χ1n) is 6.02. The zero-order valence-corrected chi connectivity index (χ0v) is 12.4. The molecule has 0 aromatic carbocycles. The smallest absolute Gasteiger partial charge is 0.254 e. The van der Waals surface area contributed by atoms with Crippen molar-refractivity contribution in [2.24, 2.45) is 0 Å². The normalized spacial score (nSPS) is 10.4. The van der Waals surface area contributed by atoms with Crippen LogP contribution in [-0.2, 0) is 0 Å². The van der Waals surface area contributed by atoms with Gasteiger partial charge in [-0.1, -0.05) is 0 Å². The molecule has 3 heterocycles. The van der Waals surface area contributed by atoms with Gasteiger partial charge in [-0.05, 0) is 13.8 Å². The first kappa shape index (κ1) is 14.8. The van der Waals surface area contributed by atoms with E-state index in [9.17, 15) is 0 Å². The van der Waals surface area contributed by atoms with Crippen LogP contribution in [0.5, 0.6) is 0 Å². The minimum absolute atomic E-state index is 0. The van der Waals surface area contributed by atoms with Crippen LogP contribution in [-0.4, -0.2) is 29.5 Å². The predicted molar refractivity (Wildman–Crippen MR) is 81.8 cm³/mol. The maximum Gasteiger partial charge on any atom is 0.254 e. The average molecular weight is 307 g/mol. The molecule has 3 aromatic heterocycles. The van der Waals surface area contributed by atoms with Crippen LogP contribution in [0.4, 0.5) is 11.6 Å². The van der Waals surface area contributed by atoms with E-state index in [1.54, 1.807) is 29.1 Å². The van der Waals surface area contributed by atoms with E-state index in [1.165, 1.54) is 4.68 Å². The first-order valence-corrected chi connectivity index (χ1v) is 6.02. The van der Waals surface area contributed by atoms with E-state index in [-0.39, 0.29) is 12.4 Å². The average Bonchev–Trinajstić information content (AvgIpc) is 2.91. The molecule has 0 saturated carbocycles. The summed E-state index contributed by atoms with van der Waals surface area (Å²) in [7, 11) is 0. The van der Waals surface area contributed by atoms with Crippen molar-refractivity contribution >= 4 is 24.0 Å². The minimum atomic E-state index is 0. The van der Waals surface area contributed by atoms with Gasteiger partial charge >= 0.3 is 0 Å². The molecule has 0 aliphatic carbocycles. The molecule has 3 aromatic rings. The highest BCUT2D eigenvalue weighted by molar-refractivity contribution is 5.85. The van der Waals surface area contributed by atoms with Gasteiger partial charge in [0.25, 0.3) is 5.95 Å². The van der Waals surface area contributed by atoms with Crippen LogP contribution < -0.4 is 11.5 Å². The lowest BCUT2D eigenvalue weighted by molar-refractivity contribution is 0.773. The van der Waals surface area contributed by atoms with Crippen molar-refractivity contribution < 1.29 is 0 Å². The molecule has 0 aliphatic rings. The third-order valence-electron chi connectivity index (χ3n) is 2.75. The summed E-state index contributed by atoms with van der Waals surface area (Å²) in [5.41, 5.74) is 13.4. The lowest BCUT2D eigenvalue weighted by Gasteiger charge is -2.06. The van der Waals surface area contributed by atoms with Gasteiger partial charge in [-0.15, -0.1) is 12.4 Å². The summed E-state index contributed by atoms with van der Waals surface area (Å²) in [6.07, 6.45) is 1.62. The number of aryl methyl sites for hydroxylation is 2. The molecule has 4 N–H and O–H groups in total. The van der Waals surface area contributed by atoms with Crippen LogP contribution in [0, 0.1) is 13.8 Å². The molecule has 0 unspecified atom stereocenters. The molecule has 9 heteroatoms. The molecule has 0 aliphatic heterocycles. The van der Waals surface area contributed by atoms with Crippen molar-refractivity contribution in [1.82, 2.24) is 29.5 Å². The highest BCUT2D eigenvalue weighted by atomic mass is 35.5. The molecule has 8 nitrogen and oxygen atoms in total. The lowest BCUT2D eigenvalue weighted by atomic mass is 10.5. The maximum absolute atomic E-state index is 5.89. The molecule has 0 bridgehead atoms. The molecule has 0 atom stereocenters. The summed E-state index contributed by atoms with van der Waals surface area (Å²) in [5.74, 6) is 1.93. The summed E-state index contributed by atoms with van der Waals surface area (Å²) < 4.78 is 3.03. The number of hydrogen-bond acceptors (Lipinski definition) is 6. The molecule has 3 rings (SSSR count). The van der Waals surface area contributed by atoms with Crippen molar-refractivity contribution in [3.63, 3.8) is 0 Å². The number of hydrogen-bond donors (Lipinski definition) is 2. The molecule has 110 valence electrons. The summed E-state index contributed by atoms with van der Waals surface area (Å²) in [5, 5.41) is 8.53. The number of nitrogens with two attached hydrogens (primary N) is 2. The largest absolute Gasteiger partial charge is 0.384 e. The van der Waals surface area contributed by atoms with Gasteiger partial charge in [-0.3, -0.25) is 0 Å². The zero-order valence-electron chi connectivity index (χ0n) is 11.6.